The average Bonchev–Trinajstić information content (AvgIpc) is 2.87. The van der Waals surface area contributed by atoms with Crippen molar-refractivity contribution < 1.29 is 9.26 Å². The summed E-state index contributed by atoms with van der Waals surface area (Å²) in [4.78, 5) is 4.37. The van der Waals surface area contributed by atoms with Crippen LogP contribution in [-0.2, 0) is 5.41 Å². The van der Waals surface area contributed by atoms with E-state index in [0.717, 1.165) is 11.3 Å². The lowest BCUT2D eigenvalue weighted by Crippen LogP contribution is -2.16. The molecule has 0 spiro atoms. The molecule has 0 saturated carbocycles. The highest BCUT2D eigenvalue weighted by molar-refractivity contribution is 5.38. The molecule has 1 aromatic heterocycles. The topological polar surface area (TPSA) is 74.2 Å². The SMILES string of the molecule is COc1ccccc1C(N)c1noc(C(C)(C)C)n1. The first-order valence-electron chi connectivity index (χ1n) is 6.16. The zero-order valence-electron chi connectivity index (χ0n) is 11.7. The number of nitrogens with two attached hydrogens (primary N) is 1. The van der Waals surface area contributed by atoms with E-state index in [1.807, 2.05) is 45.0 Å². The second-order valence-electron chi connectivity index (χ2n) is 5.43. The van der Waals surface area contributed by atoms with Crippen LogP contribution in [0.5, 0.6) is 5.75 Å². The number of methoxy groups -OCH3 is 1. The predicted octanol–water partition coefficient (Wildman–Crippen LogP) is 2.42. The molecule has 2 rings (SSSR count). The van der Waals surface area contributed by atoms with Gasteiger partial charge >= 0.3 is 0 Å². The normalized spacial score (nSPS) is 13.3. The fraction of sp³-hybridized carbons (Fsp3) is 0.429. The Kier molecular flexibility index (Phi) is 3.57. The third-order valence-corrected chi connectivity index (χ3v) is 2.84. The number of hydrogen-bond acceptors (Lipinski definition) is 5. The van der Waals surface area contributed by atoms with Crippen LogP contribution >= 0.6 is 0 Å². The second-order valence-corrected chi connectivity index (χ2v) is 5.43. The number of aromatic nitrogens is 2. The van der Waals surface area contributed by atoms with Gasteiger partial charge in [-0.3, -0.25) is 0 Å². The summed E-state index contributed by atoms with van der Waals surface area (Å²) in [6.45, 7) is 6.04. The van der Waals surface area contributed by atoms with Gasteiger partial charge in [0.25, 0.3) is 0 Å². The van der Waals surface area contributed by atoms with Gasteiger partial charge in [0.05, 0.1) is 13.2 Å². The molecule has 0 amide bonds. The van der Waals surface area contributed by atoms with Gasteiger partial charge in [0.1, 0.15) is 5.75 Å². The molecular formula is C14H19N3O2. The molecule has 0 fully saturated rings. The lowest BCUT2D eigenvalue weighted by Gasteiger charge is -2.13. The maximum atomic E-state index is 6.18. The molecule has 0 aliphatic carbocycles. The van der Waals surface area contributed by atoms with E-state index in [9.17, 15) is 0 Å². The van der Waals surface area contributed by atoms with Crippen LogP contribution in [0.15, 0.2) is 28.8 Å². The smallest absolute Gasteiger partial charge is 0.232 e. The van der Waals surface area contributed by atoms with Crippen LogP contribution in [0, 0.1) is 0 Å². The quantitative estimate of drug-likeness (QED) is 0.918. The molecule has 1 atom stereocenters. The molecule has 0 aliphatic heterocycles. The number of ether oxygens (including phenoxy) is 1. The van der Waals surface area contributed by atoms with Crippen LogP contribution < -0.4 is 10.5 Å². The van der Waals surface area contributed by atoms with Crippen molar-refractivity contribution >= 4 is 0 Å². The van der Waals surface area contributed by atoms with Crippen molar-refractivity contribution in [3.8, 4) is 5.75 Å². The van der Waals surface area contributed by atoms with E-state index in [1.165, 1.54) is 0 Å². The molecule has 1 heterocycles. The molecule has 5 heteroatoms. The number of nitrogens with zero attached hydrogens (tertiary/aromatic N) is 2. The Morgan fingerprint density at radius 3 is 2.53 bits per heavy atom. The van der Waals surface area contributed by atoms with Gasteiger partial charge in [0.2, 0.25) is 5.89 Å². The summed E-state index contributed by atoms with van der Waals surface area (Å²) in [7, 11) is 1.61. The van der Waals surface area contributed by atoms with E-state index < -0.39 is 6.04 Å². The van der Waals surface area contributed by atoms with Gasteiger partial charge in [-0.1, -0.05) is 44.1 Å². The molecule has 0 saturated heterocycles. The molecular weight excluding hydrogens is 242 g/mol. The highest BCUT2D eigenvalue weighted by Crippen LogP contribution is 2.28. The Morgan fingerprint density at radius 1 is 1.26 bits per heavy atom. The fourth-order valence-corrected chi connectivity index (χ4v) is 1.73. The van der Waals surface area contributed by atoms with E-state index in [4.69, 9.17) is 15.0 Å². The van der Waals surface area contributed by atoms with Crippen molar-refractivity contribution in [2.45, 2.75) is 32.2 Å². The monoisotopic (exact) mass is 261 g/mol. The van der Waals surface area contributed by atoms with Gasteiger partial charge in [0, 0.05) is 11.0 Å². The first-order valence-corrected chi connectivity index (χ1v) is 6.16. The van der Waals surface area contributed by atoms with Crippen molar-refractivity contribution in [2.75, 3.05) is 7.11 Å². The highest BCUT2D eigenvalue weighted by atomic mass is 16.5. The minimum atomic E-state index is -0.462. The van der Waals surface area contributed by atoms with Crippen molar-refractivity contribution in [3.05, 3.63) is 41.5 Å². The van der Waals surface area contributed by atoms with Crippen molar-refractivity contribution in [1.82, 2.24) is 10.1 Å². The second kappa shape index (κ2) is 5.01. The van der Waals surface area contributed by atoms with E-state index in [0.29, 0.717) is 11.7 Å². The number of rotatable bonds is 3. The molecule has 2 aromatic rings. The average molecular weight is 261 g/mol. The Balaban J connectivity index is 2.34. The molecule has 0 radical (unpaired) electrons. The van der Waals surface area contributed by atoms with Gasteiger partial charge < -0.3 is 15.0 Å². The molecule has 2 N–H and O–H groups in total. The number of hydrogen-bond donors (Lipinski definition) is 1. The minimum Gasteiger partial charge on any atom is -0.496 e. The summed E-state index contributed by atoms with van der Waals surface area (Å²) in [6, 6.07) is 7.10. The lowest BCUT2D eigenvalue weighted by molar-refractivity contribution is 0.317. The van der Waals surface area contributed by atoms with Crippen LogP contribution in [0.1, 0.15) is 44.1 Å². The van der Waals surface area contributed by atoms with Crippen LogP contribution in [-0.4, -0.2) is 17.3 Å². The summed E-state index contributed by atoms with van der Waals surface area (Å²) in [5.41, 5.74) is 6.83. The van der Waals surface area contributed by atoms with Gasteiger partial charge in [-0.05, 0) is 6.07 Å². The summed E-state index contributed by atoms with van der Waals surface area (Å²) >= 11 is 0. The number of benzene rings is 1. The highest BCUT2D eigenvalue weighted by Gasteiger charge is 2.25. The molecule has 1 unspecified atom stereocenters. The molecule has 102 valence electrons. The van der Waals surface area contributed by atoms with Crippen LogP contribution in [0.25, 0.3) is 0 Å². The molecule has 19 heavy (non-hydrogen) atoms. The molecule has 5 nitrogen and oxygen atoms in total. The van der Waals surface area contributed by atoms with Crippen molar-refractivity contribution in [2.24, 2.45) is 5.73 Å². The molecule has 0 bridgehead atoms. The Labute approximate surface area is 112 Å². The Bertz CT molecular complexity index is 558. The summed E-state index contributed by atoms with van der Waals surface area (Å²) in [5.74, 6) is 1.76. The van der Waals surface area contributed by atoms with Crippen molar-refractivity contribution in [3.63, 3.8) is 0 Å². The predicted molar refractivity (Wildman–Crippen MR) is 72.0 cm³/mol. The van der Waals surface area contributed by atoms with Crippen LogP contribution in [0.4, 0.5) is 0 Å². The maximum Gasteiger partial charge on any atom is 0.232 e. The summed E-state index contributed by atoms with van der Waals surface area (Å²) < 4.78 is 10.6. The molecule has 0 aliphatic rings. The number of para-hydroxylation sites is 1. The standard InChI is InChI=1S/C14H19N3O2/c1-14(2,3)13-16-12(17-19-13)11(15)9-7-5-6-8-10(9)18-4/h5-8,11H,15H2,1-4H3. The van der Waals surface area contributed by atoms with E-state index in [2.05, 4.69) is 10.1 Å². The van der Waals surface area contributed by atoms with Crippen LogP contribution in [0.2, 0.25) is 0 Å². The third kappa shape index (κ3) is 2.76. The van der Waals surface area contributed by atoms with E-state index >= 15 is 0 Å². The maximum absolute atomic E-state index is 6.18. The Hall–Kier alpha value is -1.88. The van der Waals surface area contributed by atoms with Gasteiger partial charge in [-0.25, -0.2) is 0 Å². The van der Waals surface area contributed by atoms with Gasteiger partial charge in [-0.15, -0.1) is 0 Å². The van der Waals surface area contributed by atoms with Gasteiger partial charge in [0.15, 0.2) is 5.82 Å². The largest absolute Gasteiger partial charge is 0.496 e. The summed E-state index contributed by atoms with van der Waals surface area (Å²) in [5, 5.41) is 3.97. The Morgan fingerprint density at radius 2 is 1.95 bits per heavy atom. The van der Waals surface area contributed by atoms with Crippen LogP contribution in [0.3, 0.4) is 0 Å². The zero-order valence-corrected chi connectivity index (χ0v) is 11.7. The minimum absolute atomic E-state index is 0.189. The van der Waals surface area contributed by atoms with Crippen molar-refractivity contribution in [1.29, 1.82) is 0 Å². The lowest BCUT2D eigenvalue weighted by atomic mass is 9.97. The van der Waals surface area contributed by atoms with E-state index in [1.54, 1.807) is 7.11 Å². The van der Waals surface area contributed by atoms with Gasteiger partial charge in [-0.2, -0.15) is 4.98 Å². The summed E-state index contributed by atoms with van der Waals surface area (Å²) in [6.07, 6.45) is 0. The first-order chi connectivity index (χ1) is 8.93. The fourth-order valence-electron chi connectivity index (χ4n) is 1.73. The first kappa shape index (κ1) is 13.5. The zero-order chi connectivity index (χ0) is 14.0. The molecule has 1 aromatic carbocycles. The van der Waals surface area contributed by atoms with E-state index in [-0.39, 0.29) is 5.41 Å². The third-order valence-electron chi connectivity index (χ3n) is 2.84.